The van der Waals surface area contributed by atoms with Gasteiger partial charge in [0.1, 0.15) is 0 Å². The largest absolute Gasteiger partial charge is 0.573 e. The highest BCUT2D eigenvalue weighted by Crippen LogP contribution is 2.31. The Morgan fingerprint density at radius 1 is 1.14 bits per heavy atom. The van der Waals surface area contributed by atoms with Crippen LogP contribution in [0.4, 0.5) is 28.9 Å². The van der Waals surface area contributed by atoms with Gasteiger partial charge in [-0.2, -0.15) is 0 Å². The van der Waals surface area contributed by atoms with Crippen molar-refractivity contribution in [3.63, 3.8) is 0 Å². The molecule has 0 aliphatic carbocycles. The van der Waals surface area contributed by atoms with Gasteiger partial charge in [-0.05, 0) is 12.1 Å². The van der Waals surface area contributed by atoms with E-state index in [1.54, 1.807) is 0 Å². The monoisotopic (exact) mass is 210 g/mol. The molecule has 1 aromatic rings. The lowest BCUT2D eigenvalue weighted by Gasteiger charge is -2.11. The molecule has 0 aliphatic heterocycles. The minimum atomic E-state index is -4.95. The molecule has 0 aromatic heterocycles. The summed E-state index contributed by atoms with van der Waals surface area (Å²) in [5, 5.41) is 0. The second-order valence-corrected chi connectivity index (χ2v) is 2.43. The SMILES string of the molecule is Nc1ccc(OC(F)(F)F)c(F)c1N. The van der Waals surface area contributed by atoms with Crippen molar-refractivity contribution >= 4 is 11.4 Å². The maximum absolute atomic E-state index is 13.0. The molecule has 1 aromatic carbocycles. The summed E-state index contributed by atoms with van der Waals surface area (Å²) in [6.45, 7) is 0. The Morgan fingerprint density at radius 2 is 1.71 bits per heavy atom. The van der Waals surface area contributed by atoms with Crippen molar-refractivity contribution in [1.29, 1.82) is 0 Å². The van der Waals surface area contributed by atoms with E-state index >= 15 is 0 Å². The van der Waals surface area contributed by atoms with E-state index in [-0.39, 0.29) is 5.69 Å². The lowest BCUT2D eigenvalue weighted by molar-refractivity contribution is -0.275. The summed E-state index contributed by atoms with van der Waals surface area (Å²) in [7, 11) is 0. The summed E-state index contributed by atoms with van der Waals surface area (Å²) in [6.07, 6.45) is -4.95. The molecule has 0 aliphatic rings. The van der Waals surface area contributed by atoms with Gasteiger partial charge in [0.2, 0.25) is 0 Å². The third-order valence-corrected chi connectivity index (χ3v) is 1.40. The number of benzene rings is 1. The molecule has 0 radical (unpaired) electrons. The van der Waals surface area contributed by atoms with Gasteiger partial charge in [0.05, 0.1) is 11.4 Å². The second-order valence-electron chi connectivity index (χ2n) is 2.43. The molecule has 0 saturated heterocycles. The van der Waals surface area contributed by atoms with E-state index in [1.807, 2.05) is 0 Å². The van der Waals surface area contributed by atoms with Gasteiger partial charge in [-0.3, -0.25) is 0 Å². The number of nitrogens with two attached hydrogens (primary N) is 2. The maximum atomic E-state index is 13.0. The van der Waals surface area contributed by atoms with Gasteiger partial charge in [0, 0.05) is 0 Å². The molecule has 14 heavy (non-hydrogen) atoms. The molecule has 0 bridgehead atoms. The lowest BCUT2D eigenvalue weighted by Crippen LogP contribution is -2.18. The second kappa shape index (κ2) is 3.24. The van der Waals surface area contributed by atoms with Gasteiger partial charge in [-0.15, -0.1) is 13.2 Å². The third-order valence-electron chi connectivity index (χ3n) is 1.40. The minimum Gasteiger partial charge on any atom is -0.403 e. The standard InChI is InChI=1S/C7H6F4N2O/c8-5-4(14-7(9,10)11)2-1-3(12)6(5)13/h1-2H,12-13H2. The van der Waals surface area contributed by atoms with Gasteiger partial charge >= 0.3 is 6.36 Å². The van der Waals surface area contributed by atoms with Gasteiger partial charge in [0.25, 0.3) is 0 Å². The minimum absolute atomic E-state index is 0.142. The number of halogens is 4. The van der Waals surface area contributed by atoms with Crippen molar-refractivity contribution < 1.29 is 22.3 Å². The van der Waals surface area contributed by atoms with Gasteiger partial charge in [-0.1, -0.05) is 0 Å². The Kier molecular flexibility index (Phi) is 2.41. The van der Waals surface area contributed by atoms with E-state index in [4.69, 9.17) is 11.5 Å². The summed E-state index contributed by atoms with van der Waals surface area (Å²) in [5.41, 5.74) is 9.50. The molecule has 0 saturated carbocycles. The average molecular weight is 210 g/mol. The van der Waals surface area contributed by atoms with Crippen LogP contribution in [0.3, 0.4) is 0 Å². The van der Waals surface area contributed by atoms with Gasteiger partial charge in [0.15, 0.2) is 11.6 Å². The highest BCUT2D eigenvalue weighted by molar-refractivity contribution is 5.66. The summed E-state index contributed by atoms with van der Waals surface area (Å²) in [6, 6.07) is 1.79. The molecule has 0 unspecified atom stereocenters. The van der Waals surface area contributed by atoms with Crippen molar-refractivity contribution in [3.05, 3.63) is 17.9 Å². The number of rotatable bonds is 1. The van der Waals surface area contributed by atoms with Crippen LogP contribution in [0.15, 0.2) is 12.1 Å². The van der Waals surface area contributed by atoms with Crippen molar-refractivity contribution in [2.45, 2.75) is 6.36 Å². The van der Waals surface area contributed by atoms with Crippen molar-refractivity contribution in [2.75, 3.05) is 11.5 Å². The molecule has 0 spiro atoms. The highest BCUT2D eigenvalue weighted by atomic mass is 19.4. The number of ether oxygens (including phenoxy) is 1. The number of alkyl halides is 3. The maximum Gasteiger partial charge on any atom is 0.573 e. The first-order chi connectivity index (χ1) is 6.31. The smallest absolute Gasteiger partial charge is 0.403 e. The molecule has 4 N–H and O–H groups in total. The molecular formula is C7H6F4N2O. The van der Waals surface area contributed by atoms with E-state index in [2.05, 4.69) is 4.74 Å². The van der Waals surface area contributed by atoms with E-state index in [0.717, 1.165) is 12.1 Å². The Balaban J connectivity index is 3.06. The molecule has 3 nitrogen and oxygen atoms in total. The van der Waals surface area contributed by atoms with Crippen LogP contribution in [0.25, 0.3) is 0 Å². The van der Waals surface area contributed by atoms with Crippen LogP contribution in [0.2, 0.25) is 0 Å². The van der Waals surface area contributed by atoms with Crippen LogP contribution in [0.5, 0.6) is 5.75 Å². The first kappa shape index (κ1) is 10.4. The number of nitrogen functional groups attached to an aromatic ring is 2. The zero-order chi connectivity index (χ0) is 10.9. The van der Waals surface area contributed by atoms with Crippen LogP contribution in [-0.2, 0) is 0 Å². The summed E-state index contributed by atoms with van der Waals surface area (Å²) in [5.74, 6) is -2.31. The lowest BCUT2D eigenvalue weighted by atomic mass is 10.2. The van der Waals surface area contributed by atoms with Gasteiger partial charge in [-0.25, -0.2) is 4.39 Å². The molecule has 0 heterocycles. The summed E-state index contributed by atoms with van der Waals surface area (Å²) < 4.78 is 51.4. The zero-order valence-electron chi connectivity index (χ0n) is 6.73. The number of hydrogen-bond donors (Lipinski definition) is 2. The van der Waals surface area contributed by atoms with Crippen LogP contribution in [0, 0.1) is 5.82 Å². The number of hydrogen-bond acceptors (Lipinski definition) is 3. The fourth-order valence-electron chi connectivity index (χ4n) is 0.791. The molecular weight excluding hydrogens is 204 g/mol. The predicted octanol–water partition coefficient (Wildman–Crippen LogP) is 1.89. The van der Waals surface area contributed by atoms with Crippen LogP contribution in [0.1, 0.15) is 0 Å². The third kappa shape index (κ3) is 2.18. The van der Waals surface area contributed by atoms with Crippen molar-refractivity contribution in [1.82, 2.24) is 0 Å². The Morgan fingerprint density at radius 3 is 2.21 bits per heavy atom. The predicted molar refractivity (Wildman–Crippen MR) is 41.9 cm³/mol. The van der Waals surface area contributed by atoms with Crippen LogP contribution in [-0.4, -0.2) is 6.36 Å². The molecule has 7 heteroatoms. The highest BCUT2D eigenvalue weighted by Gasteiger charge is 2.32. The molecule has 0 amide bonds. The Bertz CT molecular complexity index is 350. The topological polar surface area (TPSA) is 61.3 Å². The first-order valence-corrected chi connectivity index (χ1v) is 3.40. The van der Waals surface area contributed by atoms with E-state index in [0.29, 0.717) is 0 Å². The van der Waals surface area contributed by atoms with Crippen LogP contribution < -0.4 is 16.2 Å². The Hall–Kier alpha value is -1.66. The quantitative estimate of drug-likeness (QED) is 0.549. The molecule has 0 atom stereocenters. The summed E-state index contributed by atoms with van der Waals surface area (Å²) in [4.78, 5) is 0. The Labute approximate surface area is 76.3 Å². The van der Waals surface area contributed by atoms with Gasteiger partial charge < -0.3 is 16.2 Å². The zero-order valence-corrected chi connectivity index (χ0v) is 6.73. The molecule has 78 valence electrons. The first-order valence-electron chi connectivity index (χ1n) is 3.40. The molecule has 0 fully saturated rings. The fourth-order valence-corrected chi connectivity index (χ4v) is 0.791. The summed E-state index contributed by atoms with van der Waals surface area (Å²) >= 11 is 0. The number of anilines is 2. The fraction of sp³-hybridized carbons (Fsp3) is 0.143. The van der Waals surface area contributed by atoms with E-state index < -0.39 is 23.6 Å². The van der Waals surface area contributed by atoms with E-state index in [1.165, 1.54) is 0 Å². The van der Waals surface area contributed by atoms with E-state index in [9.17, 15) is 17.6 Å². The average Bonchev–Trinajstić information content (AvgIpc) is 2.04. The van der Waals surface area contributed by atoms with Crippen molar-refractivity contribution in [2.24, 2.45) is 0 Å². The van der Waals surface area contributed by atoms with Crippen molar-refractivity contribution in [3.8, 4) is 5.75 Å². The normalized spacial score (nSPS) is 11.4. The molecule has 1 rings (SSSR count). The van der Waals surface area contributed by atoms with Crippen LogP contribution >= 0.6 is 0 Å².